The Kier molecular flexibility index (Phi) is 3.43. The number of hydrogen-bond acceptors (Lipinski definition) is 3. The Morgan fingerprint density at radius 1 is 1.26 bits per heavy atom. The normalized spacial score (nSPS) is 20.3. The van der Waals surface area contributed by atoms with Crippen LogP contribution < -0.4 is 0 Å². The molecule has 1 aromatic carbocycles. The quantitative estimate of drug-likeness (QED) is 0.823. The second kappa shape index (κ2) is 5.38. The monoisotopic (exact) mass is 251 g/mol. The first-order valence-corrected chi connectivity index (χ1v) is 6.85. The Labute approximate surface area is 113 Å². The molecule has 0 radical (unpaired) electrons. The fourth-order valence-corrected chi connectivity index (χ4v) is 2.84. The van der Waals surface area contributed by atoms with E-state index in [1.54, 1.807) is 0 Å². The van der Waals surface area contributed by atoms with E-state index < -0.39 is 0 Å². The van der Waals surface area contributed by atoms with Crippen molar-refractivity contribution in [1.29, 1.82) is 5.26 Å². The second-order valence-corrected chi connectivity index (χ2v) is 5.10. The summed E-state index contributed by atoms with van der Waals surface area (Å²) in [4.78, 5) is 6.69. The summed E-state index contributed by atoms with van der Waals surface area (Å²) >= 11 is 0. The number of aromatic nitrogens is 1. The first-order valence-electron chi connectivity index (χ1n) is 6.85. The van der Waals surface area contributed by atoms with Crippen LogP contribution in [0.5, 0.6) is 0 Å². The molecule has 1 aliphatic heterocycles. The highest BCUT2D eigenvalue weighted by molar-refractivity contribution is 5.81. The van der Waals surface area contributed by atoms with Gasteiger partial charge in [0.1, 0.15) is 0 Å². The molecule has 2 heterocycles. The fraction of sp³-hybridized carbons (Fsp3) is 0.375. The van der Waals surface area contributed by atoms with E-state index in [2.05, 4.69) is 28.1 Å². The van der Waals surface area contributed by atoms with Gasteiger partial charge < -0.3 is 0 Å². The summed E-state index contributed by atoms with van der Waals surface area (Å²) in [5, 5.41) is 10.4. The highest BCUT2D eigenvalue weighted by Crippen LogP contribution is 2.22. The molecule has 2 aromatic rings. The maximum absolute atomic E-state index is 9.25. The Hall–Kier alpha value is -1.92. The highest BCUT2D eigenvalue weighted by atomic mass is 15.2. The average Bonchev–Trinajstić information content (AvgIpc) is 2.48. The van der Waals surface area contributed by atoms with Gasteiger partial charge in [-0.1, -0.05) is 18.2 Å². The minimum Gasteiger partial charge on any atom is -0.284 e. The zero-order chi connectivity index (χ0) is 13.1. The number of hydrogen-bond donors (Lipinski definition) is 0. The van der Waals surface area contributed by atoms with E-state index in [4.69, 9.17) is 0 Å². The number of para-hydroxylation sites is 1. The lowest BCUT2D eigenvalue weighted by Gasteiger charge is -2.31. The molecule has 0 N–H and O–H groups in total. The van der Waals surface area contributed by atoms with E-state index in [-0.39, 0.29) is 6.04 Å². The number of nitrogens with zero attached hydrogens (tertiary/aromatic N) is 3. The Morgan fingerprint density at radius 2 is 2.16 bits per heavy atom. The van der Waals surface area contributed by atoms with Crippen LogP contribution in [0.1, 0.15) is 24.8 Å². The molecule has 1 aromatic heterocycles. The SMILES string of the molecule is N#CC1CCCCN1Cc1ccnc2ccccc12. The zero-order valence-corrected chi connectivity index (χ0v) is 10.9. The van der Waals surface area contributed by atoms with E-state index in [9.17, 15) is 5.26 Å². The third-order valence-electron chi connectivity index (χ3n) is 3.88. The van der Waals surface area contributed by atoms with Gasteiger partial charge >= 0.3 is 0 Å². The molecule has 19 heavy (non-hydrogen) atoms. The predicted octanol–water partition coefficient (Wildman–Crippen LogP) is 3.11. The lowest BCUT2D eigenvalue weighted by molar-refractivity contribution is 0.177. The lowest BCUT2D eigenvalue weighted by Crippen LogP contribution is -2.37. The molecule has 3 heteroatoms. The van der Waals surface area contributed by atoms with E-state index in [1.807, 2.05) is 24.4 Å². The van der Waals surface area contributed by atoms with Gasteiger partial charge in [-0.25, -0.2) is 0 Å². The summed E-state index contributed by atoms with van der Waals surface area (Å²) in [6.07, 6.45) is 5.23. The number of nitriles is 1. The maximum atomic E-state index is 9.25. The van der Waals surface area contributed by atoms with Crippen LogP contribution in [-0.2, 0) is 6.54 Å². The molecule has 0 saturated carbocycles. The summed E-state index contributed by atoms with van der Waals surface area (Å²) in [6, 6.07) is 12.8. The highest BCUT2D eigenvalue weighted by Gasteiger charge is 2.22. The van der Waals surface area contributed by atoms with Crippen LogP contribution in [0.15, 0.2) is 36.5 Å². The molecule has 96 valence electrons. The molecule has 3 nitrogen and oxygen atoms in total. The Bertz CT molecular complexity index is 609. The van der Waals surface area contributed by atoms with Crippen LogP contribution in [0.4, 0.5) is 0 Å². The Morgan fingerprint density at radius 3 is 3.05 bits per heavy atom. The van der Waals surface area contributed by atoms with Crippen molar-refractivity contribution in [3.8, 4) is 6.07 Å². The molecule has 0 bridgehead atoms. The van der Waals surface area contributed by atoms with Crippen molar-refractivity contribution in [2.24, 2.45) is 0 Å². The molecule has 1 saturated heterocycles. The van der Waals surface area contributed by atoms with Crippen molar-refractivity contribution in [3.05, 3.63) is 42.1 Å². The first kappa shape index (κ1) is 12.1. The average molecular weight is 251 g/mol. The van der Waals surface area contributed by atoms with Crippen LogP contribution in [0.25, 0.3) is 10.9 Å². The standard InChI is InChI=1S/C16H17N3/c17-11-14-5-3-4-10-19(14)12-13-8-9-18-16-7-2-1-6-15(13)16/h1-2,6-9,14H,3-5,10,12H2. The van der Waals surface area contributed by atoms with Gasteiger partial charge in [-0.15, -0.1) is 0 Å². The van der Waals surface area contributed by atoms with Crippen molar-refractivity contribution in [3.63, 3.8) is 0 Å². The van der Waals surface area contributed by atoms with Gasteiger partial charge in [-0.3, -0.25) is 9.88 Å². The molecule has 1 unspecified atom stereocenters. The minimum atomic E-state index is 0.0701. The van der Waals surface area contributed by atoms with E-state index in [0.29, 0.717) is 0 Å². The number of fused-ring (bicyclic) bond motifs is 1. The molecule has 1 fully saturated rings. The molecule has 0 aliphatic carbocycles. The van der Waals surface area contributed by atoms with Crippen molar-refractivity contribution < 1.29 is 0 Å². The molecule has 0 amide bonds. The van der Waals surface area contributed by atoms with Crippen molar-refractivity contribution in [1.82, 2.24) is 9.88 Å². The van der Waals surface area contributed by atoms with Gasteiger partial charge in [0.25, 0.3) is 0 Å². The molecular weight excluding hydrogens is 234 g/mol. The number of pyridine rings is 1. The van der Waals surface area contributed by atoms with E-state index in [1.165, 1.54) is 23.8 Å². The van der Waals surface area contributed by atoms with Crippen LogP contribution in [0, 0.1) is 11.3 Å². The summed E-state index contributed by atoms with van der Waals surface area (Å²) in [6.45, 7) is 1.87. The van der Waals surface area contributed by atoms with Gasteiger partial charge in [-0.2, -0.15) is 5.26 Å². The number of likely N-dealkylation sites (tertiary alicyclic amines) is 1. The smallest absolute Gasteiger partial charge is 0.0980 e. The lowest BCUT2D eigenvalue weighted by atomic mass is 10.0. The molecule has 3 rings (SSSR count). The fourth-order valence-electron chi connectivity index (χ4n) is 2.84. The summed E-state index contributed by atoms with van der Waals surface area (Å²) in [5.74, 6) is 0. The second-order valence-electron chi connectivity index (χ2n) is 5.10. The molecule has 1 aliphatic rings. The van der Waals surface area contributed by atoms with E-state index in [0.717, 1.165) is 25.0 Å². The molecule has 0 spiro atoms. The summed E-state index contributed by atoms with van der Waals surface area (Å²) in [5.41, 5.74) is 2.30. The predicted molar refractivity (Wildman–Crippen MR) is 75.4 cm³/mol. The van der Waals surface area contributed by atoms with Crippen molar-refractivity contribution in [2.45, 2.75) is 31.8 Å². The number of piperidine rings is 1. The Balaban J connectivity index is 1.91. The summed E-state index contributed by atoms with van der Waals surface area (Å²) in [7, 11) is 0. The largest absolute Gasteiger partial charge is 0.284 e. The van der Waals surface area contributed by atoms with Crippen molar-refractivity contribution in [2.75, 3.05) is 6.54 Å². The minimum absolute atomic E-state index is 0.0701. The van der Waals surface area contributed by atoms with Crippen LogP contribution in [0.3, 0.4) is 0 Å². The van der Waals surface area contributed by atoms with Gasteiger partial charge in [0.2, 0.25) is 0 Å². The van der Waals surface area contributed by atoms with Gasteiger partial charge in [-0.05, 0) is 43.5 Å². The third-order valence-corrected chi connectivity index (χ3v) is 3.88. The molecule has 1 atom stereocenters. The summed E-state index contributed by atoms with van der Waals surface area (Å²) < 4.78 is 0. The van der Waals surface area contributed by atoms with Gasteiger partial charge in [0.05, 0.1) is 17.6 Å². The zero-order valence-electron chi connectivity index (χ0n) is 10.9. The third kappa shape index (κ3) is 2.45. The van der Waals surface area contributed by atoms with Crippen molar-refractivity contribution >= 4 is 10.9 Å². The van der Waals surface area contributed by atoms with Crippen LogP contribution in [0.2, 0.25) is 0 Å². The number of benzene rings is 1. The van der Waals surface area contributed by atoms with Gasteiger partial charge in [0.15, 0.2) is 0 Å². The topological polar surface area (TPSA) is 39.9 Å². The van der Waals surface area contributed by atoms with Crippen LogP contribution >= 0.6 is 0 Å². The van der Waals surface area contributed by atoms with Gasteiger partial charge in [0, 0.05) is 18.1 Å². The molecular formula is C16H17N3. The van der Waals surface area contributed by atoms with Crippen LogP contribution in [-0.4, -0.2) is 22.5 Å². The maximum Gasteiger partial charge on any atom is 0.0980 e. The number of rotatable bonds is 2. The first-order chi connectivity index (χ1) is 9.38. The van der Waals surface area contributed by atoms with E-state index >= 15 is 0 Å².